The van der Waals surface area contributed by atoms with Crippen molar-refractivity contribution in [1.29, 1.82) is 0 Å². The Bertz CT molecular complexity index is 670. The normalized spacial score (nSPS) is 16.7. The summed E-state index contributed by atoms with van der Waals surface area (Å²) in [4.78, 5) is 16.0. The number of hydrogen-bond acceptors (Lipinski definition) is 5. The number of amides is 1. The van der Waals surface area contributed by atoms with Crippen molar-refractivity contribution in [3.05, 3.63) is 24.3 Å². The number of sulfonamides is 1. The lowest BCUT2D eigenvalue weighted by Gasteiger charge is -2.33. The smallest absolute Gasteiger partial charge is 0.240 e. The van der Waals surface area contributed by atoms with Gasteiger partial charge in [-0.1, -0.05) is 13.0 Å². The van der Waals surface area contributed by atoms with Gasteiger partial charge >= 0.3 is 0 Å². The highest BCUT2D eigenvalue weighted by molar-refractivity contribution is 7.89. The largest absolute Gasteiger partial charge is 0.326 e. The number of nitrogens with one attached hydrogen (secondary N) is 2. The molecule has 0 aliphatic carbocycles. The van der Waals surface area contributed by atoms with E-state index in [9.17, 15) is 13.2 Å². The van der Waals surface area contributed by atoms with Crippen LogP contribution in [0.15, 0.2) is 29.2 Å². The van der Waals surface area contributed by atoms with Gasteiger partial charge in [0.1, 0.15) is 0 Å². The third kappa shape index (κ3) is 6.39. The second-order valence-electron chi connectivity index (χ2n) is 6.24. The van der Waals surface area contributed by atoms with E-state index in [0.29, 0.717) is 12.2 Å². The van der Waals surface area contributed by atoms with Crippen molar-refractivity contribution in [1.82, 2.24) is 14.5 Å². The maximum absolute atomic E-state index is 12.4. The number of rotatable bonds is 8. The summed E-state index contributed by atoms with van der Waals surface area (Å²) in [5.41, 5.74) is 0.476. The first kappa shape index (κ1) is 19.8. The van der Waals surface area contributed by atoms with E-state index in [1.54, 1.807) is 12.1 Å². The molecule has 140 valence electrons. The molecule has 7 nitrogen and oxygen atoms in total. The van der Waals surface area contributed by atoms with E-state index in [0.717, 1.165) is 45.7 Å². The lowest BCUT2D eigenvalue weighted by atomic mass is 10.3. The Balaban J connectivity index is 1.79. The zero-order chi connectivity index (χ0) is 18.3. The van der Waals surface area contributed by atoms with E-state index >= 15 is 0 Å². The minimum absolute atomic E-state index is 0.162. The van der Waals surface area contributed by atoms with Crippen molar-refractivity contribution >= 4 is 21.6 Å². The number of hydrogen-bond donors (Lipinski definition) is 2. The molecule has 0 bridgehead atoms. The number of likely N-dealkylation sites (N-methyl/N-ethyl adjacent to an activating group) is 1. The molecule has 1 heterocycles. The molecule has 2 N–H and O–H groups in total. The number of anilines is 1. The molecule has 25 heavy (non-hydrogen) atoms. The van der Waals surface area contributed by atoms with Gasteiger partial charge in [-0.15, -0.1) is 0 Å². The molecule has 1 aliphatic rings. The Kier molecular flexibility index (Phi) is 7.37. The Morgan fingerprint density at radius 2 is 1.84 bits per heavy atom. The molecule has 0 spiro atoms. The highest BCUT2D eigenvalue weighted by Gasteiger charge is 2.16. The summed E-state index contributed by atoms with van der Waals surface area (Å²) < 4.78 is 27.4. The van der Waals surface area contributed by atoms with E-state index in [1.807, 2.05) is 0 Å². The topological polar surface area (TPSA) is 81.8 Å². The number of carbonyl (C=O) groups is 1. The zero-order valence-corrected chi connectivity index (χ0v) is 15.8. The molecule has 1 amide bonds. The summed E-state index contributed by atoms with van der Waals surface area (Å²) in [7, 11) is -3.56. The van der Waals surface area contributed by atoms with Crippen LogP contribution in [0.4, 0.5) is 5.69 Å². The molecule has 1 aromatic rings. The van der Waals surface area contributed by atoms with Gasteiger partial charge in [0, 0.05) is 45.3 Å². The average Bonchev–Trinajstić information content (AvgIpc) is 2.59. The van der Waals surface area contributed by atoms with E-state index < -0.39 is 10.0 Å². The number of piperazine rings is 1. The molecule has 2 rings (SSSR count). The van der Waals surface area contributed by atoms with Crippen molar-refractivity contribution in [3.63, 3.8) is 0 Å². The molecule has 1 aromatic carbocycles. The number of benzene rings is 1. The first-order valence-electron chi connectivity index (χ1n) is 8.73. The molecule has 0 radical (unpaired) electrons. The van der Waals surface area contributed by atoms with E-state index in [2.05, 4.69) is 26.8 Å². The third-order valence-corrected chi connectivity index (χ3v) is 5.78. The SMILES string of the molecule is CCN1CCN(CCCNS(=O)(=O)c2cccc(NC(C)=O)c2)CC1. The van der Waals surface area contributed by atoms with Crippen LogP contribution in [0.3, 0.4) is 0 Å². The predicted molar refractivity (Wildman–Crippen MR) is 99.1 cm³/mol. The maximum atomic E-state index is 12.4. The van der Waals surface area contributed by atoms with Gasteiger partial charge < -0.3 is 15.1 Å². The predicted octanol–water partition coefficient (Wildman–Crippen LogP) is 0.951. The van der Waals surface area contributed by atoms with Gasteiger partial charge in [0.05, 0.1) is 4.90 Å². The van der Waals surface area contributed by atoms with Crippen LogP contribution in [-0.4, -0.2) is 69.9 Å². The van der Waals surface area contributed by atoms with Gasteiger partial charge in [-0.3, -0.25) is 4.79 Å². The van der Waals surface area contributed by atoms with Crippen LogP contribution < -0.4 is 10.0 Å². The Morgan fingerprint density at radius 3 is 2.48 bits per heavy atom. The fraction of sp³-hybridized carbons (Fsp3) is 0.588. The van der Waals surface area contributed by atoms with Gasteiger partial charge in [0.15, 0.2) is 0 Å². The van der Waals surface area contributed by atoms with Crippen LogP contribution >= 0.6 is 0 Å². The first-order valence-corrected chi connectivity index (χ1v) is 10.2. The Labute approximate surface area is 150 Å². The first-order chi connectivity index (χ1) is 11.9. The molecular weight excluding hydrogens is 340 g/mol. The fourth-order valence-electron chi connectivity index (χ4n) is 2.87. The van der Waals surface area contributed by atoms with Crippen LogP contribution in [0.5, 0.6) is 0 Å². The number of nitrogens with zero attached hydrogens (tertiary/aromatic N) is 2. The third-order valence-electron chi connectivity index (χ3n) is 4.32. The van der Waals surface area contributed by atoms with Crippen LogP contribution in [0.1, 0.15) is 20.3 Å². The van der Waals surface area contributed by atoms with Crippen molar-refractivity contribution in [2.45, 2.75) is 25.2 Å². The van der Waals surface area contributed by atoms with Crippen molar-refractivity contribution < 1.29 is 13.2 Å². The fourth-order valence-corrected chi connectivity index (χ4v) is 3.99. The highest BCUT2D eigenvalue weighted by atomic mass is 32.2. The average molecular weight is 369 g/mol. The minimum atomic E-state index is -3.56. The van der Waals surface area contributed by atoms with Crippen molar-refractivity contribution in [3.8, 4) is 0 Å². The summed E-state index contributed by atoms with van der Waals surface area (Å²) in [5, 5.41) is 2.59. The molecule has 0 aromatic heterocycles. The van der Waals surface area contributed by atoms with E-state index in [-0.39, 0.29) is 10.8 Å². The standard InChI is InChI=1S/C17H28N4O3S/c1-3-20-10-12-21(13-11-20)9-5-8-18-25(23,24)17-7-4-6-16(14-17)19-15(2)22/h4,6-7,14,18H,3,5,8-13H2,1-2H3,(H,19,22). The van der Waals surface area contributed by atoms with Gasteiger partial charge in [-0.05, 0) is 37.7 Å². The lowest BCUT2D eigenvalue weighted by molar-refractivity contribution is -0.114. The van der Waals surface area contributed by atoms with E-state index in [1.165, 1.54) is 19.1 Å². The van der Waals surface area contributed by atoms with Crippen LogP contribution in [-0.2, 0) is 14.8 Å². The minimum Gasteiger partial charge on any atom is -0.326 e. The number of carbonyl (C=O) groups excluding carboxylic acids is 1. The second kappa shape index (κ2) is 9.28. The van der Waals surface area contributed by atoms with Gasteiger partial charge in [-0.25, -0.2) is 13.1 Å². The molecule has 1 fully saturated rings. The summed E-state index contributed by atoms with van der Waals surface area (Å²) >= 11 is 0. The second-order valence-corrected chi connectivity index (χ2v) is 8.00. The summed E-state index contributed by atoms with van der Waals surface area (Å²) in [6.07, 6.45) is 0.775. The monoisotopic (exact) mass is 368 g/mol. The molecule has 0 atom stereocenters. The molecule has 0 unspecified atom stereocenters. The Hall–Kier alpha value is -1.48. The van der Waals surface area contributed by atoms with Gasteiger partial charge in [0.25, 0.3) is 0 Å². The molecule has 8 heteroatoms. The highest BCUT2D eigenvalue weighted by Crippen LogP contribution is 2.15. The van der Waals surface area contributed by atoms with Crippen molar-refractivity contribution in [2.75, 3.05) is 51.1 Å². The maximum Gasteiger partial charge on any atom is 0.240 e. The van der Waals surface area contributed by atoms with Crippen LogP contribution in [0.2, 0.25) is 0 Å². The van der Waals surface area contributed by atoms with Crippen LogP contribution in [0.25, 0.3) is 0 Å². The molecule has 1 saturated heterocycles. The molecule has 0 saturated carbocycles. The molecule has 1 aliphatic heterocycles. The van der Waals surface area contributed by atoms with Crippen molar-refractivity contribution in [2.24, 2.45) is 0 Å². The molecular formula is C17H28N4O3S. The summed E-state index contributed by atoms with van der Waals surface area (Å²) in [5.74, 6) is -0.231. The lowest BCUT2D eigenvalue weighted by Crippen LogP contribution is -2.46. The van der Waals surface area contributed by atoms with E-state index in [4.69, 9.17) is 0 Å². The summed E-state index contributed by atoms with van der Waals surface area (Å²) in [6, 6.07) is 6.27. The van der Waals surface area contributed by atoms with Crippen LogP contribution in [0, 0.1) is 0 Å². The van der Waals surface area contributed by atoms with Gasteiger partial charge in [0.2, 0.25) is 15.9 Å². The Morgan fingerprint density at radius 1 is 1.16 bits per heavy atom. The zero-order valence-electron chi connectivity index (χ0n) is 15.0. The quantitative estimate of drug-likeness (QED) is 0.668. The van der Waals surface area contributed by atoms with Gasteiger partial charge in [-0.2, -0.15) is 0 Å². The summed E-state index contributed by atoms with van der Waals surface area (Å²) in [6.45, 7) is 10.2.